The second kappa shape index (κ2) is 6.61. The van der Waals surface area contributed by atoms with E-state index in [1.165, 1.54) is 5.56 Å². The Balaban J connectivity index is 1.74. The minimum atomic E-state index is 0.244. The number of benzene rings is 3. The highest BCUT2D eigenvalue weighted by molar-refractivity contribution is 5.83. The van der Waals surface area contributed by atoms with Crippen LogP contribution in [-0.4, -0.2) is 20.9 Å². The summed E-state index contributed by atoms with van der Waals surface area (Å²) >= 11 is 0. The van der Waals surface area contributed by atoms with Gasteiger partial charge < -0.3 is 9.67 Å². The van der Waals surface area contributed by atoms with E-state index in [1.54, 1.807) is 18.3 Å². The third-order valence-electron chi connectivity index (χ3n) is 4.04. The van der Waals surface area contributed by atoms with Gasteiger partial charge in [-0.15, -0.1) is 0 Å². The van der Waals surface area contributed by atoms with Crippen LogP contribution in [-0.2, 0) is 6.54 Å². The summed E-state index contributed by atoms with van der Waals surface area (Å²) in [5.41, 5.74) is 4.10. The molecule has 4 aromatic rings. The van der Waals surface area contributed by atoms with Crippen molar-refractivity contribution in [3.8, 4) is 5.75 Å². The smallest absolute Gasteiger partial charge is 0.230 e. The number of aromatic nitrogens is 2. The minimum Gasteiger partial charge on any atom is -0.508 e. The van der Waals surface area contributed by atoms with Gasteiger partial charge in [-0.25, -0.2) is 9.98 Å². The lowest BCUT2D eigenvalue weighted by atomic mass is 10.2. The number of rotatable bonds is 4. The van der Waals surface area contributed by atoms with Crippen LogP contribution < -0.4 is 0 Å². The normalized spacial score (nSPS) is 11.4. The van der Waals surface area contributed by atoms with Crippen LogP contribution in [0.15, 0.2) is 83.9 Å². The number of aromatic hydroxyl groups is 1. The highest BCUT2D eigenvalue weighted by atomic mass is 16.3. The van der Waals surface area contributed by atoms with E-state index in [9.17, 15) is 5.11 Å². The Bertz CT molecular complexity index is 1020. The van der Waals surface area contributed by atoms with Gasteiger partial charge in [-0.1, -0.05) is 42.5 Å². The standard InChI is InChI=1S/C21H17N3O/c25-18-12-10-16(11-13-18)14-22-21-23-19-8-4-5-9-20(19)24(21)15-17-6-2-1-3-7-17/h1-14,25H,15H2. The summed E-state index contributed by atoms with van der Waals surface area (Å²) in [6.07, 6.45) is 1.77. The number of aliphatic imine (C=N–C) groups is 1. The highest BCUT2D eigenvalue weighted by Gasteiger charge is 2.09. The van der Waals surface area contributed by atoms with Crippen LogP contribution in [0.4, 0.5) is 5.95 Å². The molecule has 4 rings (SSSR count). The summed E-state index contributed by atoms with van der Waals surface area (Å²) in [7, 11) is 0. The molecule has 0 spiro atoms. The predicted octanol–water partition coefficient (Wildman–Crippen LogP) is 4.54. The predicted molar refractivity (Wildman–Crippen MR) is 101 cm³/mol. The van der Waals surface area contributed by atoms with Gasteiger partial charge in [0, 0.05) is 6.21 Å². The molecule has 0 aliphatic carbocycles. The van der Waals surface area contributed by atoms with E-state index in [1.807, 2.05) is 48.5 Å². The maximum absolute atomic E-state index is 9.38. The first kappa shape index (κ1) is 15.1. The summed E-state index contributed by atoms with van der Waals surface area (Å²) in [4.78, 5) is 9.24. The third kappa shape index (κ3) is 3.28. The van der Waals surface area contributed by atoms with Crippen LogP contribution >= 0.6 is 0 Å². The van der Waals surface area contributed by atoms with Crippen LogP contribution in [0, 0.1) is 0 Å². The molecule has 4 heteroatoms. The molecule has 1 N–H and O–H groups in total. The van der Waals surface area contributed by atoms with E-state index in [0.717, 1.165) is 16.6 Å². The Hall–Kier alpha value is -3.40. The quantitative estimate of drug-likeness (QED) is 0.559. The van der Waals surface area contributed by atoms with Crippen LogP contribution in [0.2, 0.25) is 0 Å². The zero-order chi connectivity index (χ0) is 17.1. The van der Waals surface area contributed by atoms with Crippen LogP contribution in [0.5, 0.6) is 5.75 Å². The lowest BCUT2D eigenvalue weighted by molar-refractivity contribution is 0.475. The van der Waals surface area contributed by atoms with Gasteiger partial charge in [-0.3, -0.25) is 0 Å². The van der Waals surface area contributed by atoms with Gasteiger partial charge in [-0.05, 0) is 47.5 Å². The topological polar surface area (TPSA) is 50.4 Å². The molecule has 0 unspecified atom stereocenters. The molecular formula is C21H17N3O. The van der Waals surface area contributed by atoms with Gasteiger partial charge in [0.15, 0.2) is 0 Å². The van der Waals surface area contributed by atoms with E-state index < -0.39 is 0 Å². The van der Waals surface area contributed by atoms with Crippen molar-refractivity contribution in [2.45, 2.75) is 6.54 Å². The number of nitrogens with zero attached hydrogens (tertiary/aromatic N) is 3. The fraction of sp³-hybridized carbons (Fsp3) is 0.0476. The van der Waals surface area contributed by atoms with Gasteiger partial charge in [-0.2, -0.15) is 0 Å². The average molecular weight is 327 g/mol. The molecule has 3 aromatic carbocycles. The number of phenols is 1. The fourth-order valence-corrected chi connectivity index (χ4v) is 2.78. The number of hydrogen-bond donors (Lipinski definition) is 1. The fourth-order valence-electron chi connectivity index (χ4n) is 2.78. The first-order valence-electron chi connectivity index (χ1n) is 8.12. The first-order valence-corrected chi connectivity index (χ1v) is 8.12. The number of imidazole rings is 1. The van der Waals surface area contributed by atoms with Crippen molar-refractivity contribution in [3.05, 3.63) is 90.0 Å². The Morgan fingerprint density at radius 2 is 1.60 bits per heavy atom. The second-order valence-corrected chi connectivity index (χ2v) is 5.82. The van der Waals surface area contributed by atoms with Crippen LogP contribution in [0.3, 0.4) is 0 Å². The van der Waals surface area contributed by atoms with E-state index >= 15 is 0 Å². The van der Waals surface area contributed by atoms with E-state index in [-0.39, 0.29) is 5.75 Å². The van der Waals surface area contributed by atoms with Crippen molar-refractivity contribution in [2.24, 2.45) is 4.99 Å². The SMILES string of the molecule is Oc1ccc(C=Nc2nc3ccccc3n2Cc2ccccc2)cc1. The monoisotopic (exact) mass is 327 g/mol. The number of fused-ring (bicyclic) bond motifs is 1. The maximum atomic E-state index is 9.38. The van der Waals surface area contributed by atoms with E-state index in [2.05, 4.69) is 32.7 Å². The van der Waals surface area contributed by atoms with Crippen molar-refractivity contribution in [3.63, 3.8) is 0 Å². The molecule has 122 valence electrons. The van der Waals surface area contributed by atoms with E-state index in [0.29, 0.717) is 12.5 Å². The summed E-state index contributed by atoms with van der Waals surface area (Å²) < 4.78 is 2.11. The van der Waals surface area contributed by atoms with Gasteiger partial charge in [0.25, 0.3) is 0 Å². The molecule has 0 atom stereocenters. The van der Waals surface area contributed by atoms with Crippen LogP contribution in [0.1, 0.15) is 11.1 Å². The summed E-state index contributed by atoms with van der Waals surface area (Å²) in [5, 5.41) is 9.38. The van der Waals surface area contributed by atoms with Gasteiger partial charge in [0.2, 0.25) is 5.95 Å². The summed E-state index contributed by atoms with van der Waals surface area (Å²) in [5.74, 6) is 0.909. The first-order chi connectivity index (χ1) is 12.3. The molecule has 0 amide bonds. The largest absolute Gasteiger partial charge is 0.508 e. The molecule has 0 saturated carbocycles. The van der Waals surface area contributed by atoms with Crippen molar-refractivity contribution in [2.75, 3.05) is 0 Å². The lowest BCUT2D eigenvalue weighted by Crippen LogP contribution is -1.99. The molecule has 0 bridgehead atoms. The van der Waals surface area contributed by atoms with Crippen LogP contribution in [0.25, 0.3) is 11.0 Å². The third-order valence-corrected chi connectivity index (χ3v) is 4.04. The van der Waals surface area contributed by atoms with Crippen molar-refractivity contribution >= 4 is 23.2 Å². The van der Waals surface area contributed by atoms with Crippen molar-refractivity contribution < 1.29 is 5.11 Å². The zero-order valence-electron chi connectivity index (χ0n) is 13.6. The number of para-hydroxylation sites is 2. The van der Waals surface area contributed by atoms with Gasteiger partial charge >= 0.3 is 0 Å². The Morgan fingerprint density at radius 3 is 2.40 bits per heavy atom. The molecule has 0 fully saturated rings. The van der Waals surface area contributed by atoms with Gasteiger partial charge in [0.1, 0.15) is 5.75 Å². The summed E-state index contributed by atoms with van der Waals surface area (Å²) in [6.45, 7) is 0.712. The average Bonchev–Trinajstić information content (AvgIpc) is 3.00. The zero-order valence-corrected chi connectivity index (χ0v) is 13.6. The number of phenolic OH excluding ortho intramolecular Hbond substituents is 1. The molecule has 4 nitrogen and oxygen atoms in total. The minimum absolute atomic E-state index is 0.244. The number of hydrogen-bond acceptors (Lipinski definition) is 3. The van der Waals surface area contributed by atoms with E-state index in [4.69, 9.17) is 0 Å². The molecule has 0 radical (unpaired) electrons. The maximum Gasteiger partial charge on any atom is 0.230 e. The molecule has 25 heavy (non-hydrogen) atoms. The lowest BCUT2D eigenvalue weighted by Gasteiger charge is -2.06. The molecule has 1 aromatic heterocycles. The van der Waals surface area contributed by atoms with Crippen molar-refractivity contribution in [1.82, 2.24) is 9.55 Å². The highest BCUT2D eigenvalue weighted by Crippen LogP contribution is 2.23. The second-order valence-electron chi connectivity index (χ2n) is 5.82. The molecule has 1 heterocycles. The molecule has 0 aliphatic heterocycles. The molecule has 0 saturated heterocycles. The Labute approximate surface area is 145 Å². The van der Waals surface area contributed by atoms with Gasteiger partial charge in [0.05, 0.1) is 17.6 Å². The molecule has 0 aliphatic rings. The van der Waals surface area contributed by atoms with Crippen molar-refractivity contribution in [1.29, 1.82) is 0 Å². The molecular weight excluding hydrogens is 310 g/mol. The Morgan fingerprint density at radius 1 is 0.880 bits per heavy atom. The summed E-state index contributed by atoms with van der Waals surface area (Å²) in [6, 6.07) is 25.3. The Kier molecular flexibility index (Phi) is 4.01.